The minimum atomic E-state index is -2.84. The first-order chi connectivity index (χ1) is 29.1. The zero-order valence-electron chi connectivity index (χ0n) is 34.7. The van der Waals surface area contributed by atoms with Crippen molar-refractivity contribution < 1.29 is 25.8 Å². The van der Waals surface area contributed by atoms with E-state index in [0.29, 0.717) is 11.5 Å². The van der Waals surface area contributed by atoms with Crippen LogP contribution in [0, 0.1) is 18.8 Å². The number of anilines is 4. The molecular formula is C54H43GeN4OPt-3. The van der Waals surface area contributed by atoms with E-state index in [9.17, 15) is 0 Å². The molecule has 0 amide bonds. The summed E-state index contributed by atoms with van der Waals surface area (Å²) in [5.74, 6) is 7.15. The first-order valence-electron chi connectivity index (χ1n) is 20.6. The minimum Gasteiger partial charge on any atom is 0 e. The topological polar surface area (TPSA) is 33.5 Å². The maximum absolute atomic E-state index is 6.77. The van der Waals surface area contributed by atoms with E-state index in [1.165, 1.54) is 48.0 Å². The van der Waals surface area contributed by atoms with Gasteiger partial charge in [0.2, 0.25) is 0 Å². The number of nitrogens with zero attached hydrogens (tertiary/aromatic N) is 4. The Labute approximate surface area is 374 Å². The third-order valence-corrected chi connectivity index (χ3v) is 19.6. The number of para-hydroxylation sites is 3. The third-order valence-electron chi connectivity index (χ3n) is 12.3. The van der Waals surface area contributed by atoms with E-state index in [2.05, 4.69) is 217 Å². The van der Waals surface area contributed by atoms with Crippen LogP contribution in [0.1, 0.15) is 26.3 Å². The summed E-state index contributed by atoms with van der Waals surface area (Å²) in [6.07, 6.45) is 1.91. The van der Waals surface area contributed by atoms with Gasteiger partial charge in [0, 0.05) is 21.1 Å². The van der Waals surface area contributed by atoms with Crippen molar-refractivity contribution in [2.45, 2.75) is 37.7 Å². The quantitative estimate of drug-likeness (QED) is 0.123. The third kappa shape index (κ3) is 6.44. The predicted molar refractivity (Wildman–Crippen MR) is 251 cm³/mol. The Morgan fingerprint density at radius 3 is 1.98 bits per heavy atom. The number of rotatable bonds is 6. The van der Waals surface area contributed by atoms with Crippen molar-refractivity contribution in [1.82, 2.24) is 9.55 Å². The first kappa shape index (κ1) is 39.3. The fraction of sp³-hybridized carbons (Fsp3) is 0.111. The Balaban J connectivity index is 0.00000445. The molecule has 302 valence electrons. The average molecular weight is 1030 g/mol. The fourth-order valence-electron chi connectivity index (χ4n) is 9.23. The number of hydrogen-bond acceptors (Lipinski definition) is 4. The van der Waals surface area contributed by atoms with Gasteiger partial charge in [0.25, 0.3) is 0 Å². The molecule has 7 heteroatoms. The number of benzene rings is 7. The van der Waals surface area contributed by atoms with Gasteiger partial charge in [0.15, 0.2) is 0 Å². The summed E-state index contributed by atoms with van der Waals surface area (Å²) >= 11 is -2.84. The summed E-state index contributed by atoms with van der Waals surface area (Å²) in [4.78, 5) is 9.64. The van der Waals surface area contributed by atoms with Crippen LogP contribution in [-0.4, -0.2) is 22.8 Å². The van der Waals surface area contributed by atoms with Crippen molar-refractivity contribution in [2.24, 2.45) is 0 Å². The molecular weight excluding hydrogens is 988 g/mol. The molecule has 0 saturated heterocycles. The Kier molecular flexibility index (Phi) is 9.61. The van der Waals surface area contributed by atoms with E-state index in [-0.39, 0.29) is 26.5 Å². The Hall–Kier alpha value is -5.88. The Morgan fingerprint density at radius 2 is 1.26 bits per heavy atom. The van der Waals surface area contributed by atoms with Crippen molar-refractivity contribution in [3.63, 3.8) is 0 Å². The van der Waals surface area contributed by atoms with Crippen molar-refractivity contribution in [3.05, 3.63) is 188 Å². The zero-order valence-corrected chi connectivity index (χ0v) is 39.0. The van der Waals surface area contributed by atoms with Gasteiger partial charge < -0.3 is 0 Å². The van der Waals surface area contributed by atoms with Gasteiger partial charge in [-0.3, -0.25) is 0 Å². The van der Waals surface area contributed by atoms with E-state index in [0.717, 1.165) is 39.0 Å². The molecule has 0 atom stereocenters. The monoisotopic (exact) mass is 1030 g/mol. The molecule has 0 spiro atoms. The SMILES string of the molecule is CC(C)(C)c1ccnc(-n2c3[c-]c(Oc4[c-]c5[c](cc4)[Ge]([CH3])([CH3])[c]4cccc6c4N5[CH-]N6c4c(-c5ccccc5)cccc4-c4ccccc4)ccc3c3ccccc32)c1.[Pt]. The number of pyridine rings is 1. The number of ether oxygens (including phenoxy) is 1. The van der Waals surface area contributed by atoms with Crippen LogP contribution in [0.15, 0.2) is 164 Å². The van der Waals surface area contributed by atoms with Crippen LogP contribution in [0.5, 0.6) is 11.5 Å². The van der Waals surface area contributed by atoms with Gasteiger partial charge in [-0.2, -0.15) is 0 Å². The van der Waals surface area contributed by atoms with Gasteiger partial charge in [0.05, 0.1) is 0 Å². The molecule has 0 N–H and O–H groups in total. The van der Waals surface area contributed by atoms with Crippen LogP contribution < -0.4 is 23.3 Å². The average Bonchev–Trinajstić information content (AvgIpc) is 3.82. The molecule has 0 saturated carbocycles. The normalized spacial score (nSPS) is 13.9. The van der Waals surface area contributed by atoms with Crippen LogP contribution in [0.3, 0.4) is 0 Å². The van der Waals surface area contributed by atoms with Crippen LogP contribution in [0.25, 0.3) is 49.9 Å². The van der Waals surface area contributed by atoms with Crippen molar-refractivity contribution >= 4 is 66.6 Å². The standard InChI is InChI=1S/C54H43GeN4O.Pt/c1-54(2,3)38-30-31-56-51(32-38)59-47-24-13-12-20-43(47)44-28-26-39(33-49(44)59)60-40-27-29-45-50(34-40)58-35-57(48-25-15-23-46(53(48)58)55(45,4)5)52-41(36-16-8-6-9-17-36)21-14-22-42(52)37-18-10-7-11-19-37;/h6-32,35H,1-5H3;/q-3;. The number of hydrogen-bond donors (Lipinski definition) is 0. The summed E-state index contributed by atoms with van der Waals surface area (Å²) in [7, 11) is 0. The summed E-state index contributed by atoms with van der Waals surface area (Å²) in [6.45, 7) is 8.97. The molecule has 2 aliphatic rings. The fourth-order valence-corrected chi connectivity index (χ4v) is 15.4. The molecule has 9 aromatic rings. The van der Waals surface area contributed by atoms with E-state index in [4.69, 9.17) is 9.72 Å². The molecule has 0 fully saturated rings. The van der Waals surface area contributed by atoms with Gasteiger partial charge >= 0.3 is 324 Å². The molecule has 61 heavy (non-hydrogen) atoms. The van der Waals surface area contributed by atoms with Gasteiger partial charge in [-0.05, 0) is 11.5 Å². The van der Waals surface area contributed by atoms with Gasteiger partial charge in [0.1, 0.15) is 0 Å². The molecule has 0 unspecified atom stereocenters. The Bertz CT molecular complexity index is 3080. The summed E-state index contributed by atoms with van der Waals surface area (Å²) in [6, 6.07) is 63.8. The second kappa shape index (κ2) is 14.9. The van der Waals surface area contributed by atoms with Crippen LogP contribution in [-0.2, 0) is 26.5 Å². The van der Waals surface area contributed by atoms with Crippen LogP contribution >= 0.6 is 0 Å². The largest absolute Gasteiger partial charge is 0 e. The van der Waals surface area contributed by atoms with E-state index >= 15 is 0 Å². The smallest absolute Gasteiger partial charge is 0 e. The second-order valence-electron chi connectivity index (χ2n) is 17.4. The maximum atomic E-state index is 6.77. The number of aromatic nitrogens is 2. The molecule has 0 bridgehead atoms. The molecule has 2 aliphatic heterocycles. The van der Waals surface area contributed by atoms with Gasteiger partial charge in [-0.1, -0.05) is 20.8 Å². The summed E-state index contributed by atoms with van der Waals surface area (Å²) in [5.41, 5.74) is 12.5. The predicted octanol–water partition coefficient (Wildman–Crippen LogP) is 12.7. The zero-order chi connectivity index (χ0) is 40.8. The van der Waals surface area contributed by atoms with Crippen molar-refractivity contribution in [3.8, 4) is 39.6 Å². The van der Waals surface area contributed by atoms with Gasteiger partial charge in [-0.25, -0.2) is 0 Å². The van der Waals surface area contributed by atoms with E-state index < -0.39 is 13.3 Å². The molecule has 0 radical (unpaired) electrons. The first-order valence-corrected chi connectivity index (χ1v) is 26.9. The molecule has 2 aromatic heterocycles. The molecule has 11 rings (SSSR count). The minimum absolute atomic E-state index is 0. The summed E-state index contributed by atoms with van der Waals surface area (Å²) in [5, 5.41) is 2.26. The van der Waals surface area contributed by atoms with Gasteiger partial charge in [-0.15, -0.1) is 0 Å². The van der Waals surface area contributed by atoms with Crippen molar-refractivity contribution in [1.29, 1.82) is 0 Å². The molecule has 4 heterocycles. The number of fused-ring (bicyclic) bond motifs is 5. The molecule has 5 nitrogen and oxygen atoms in total. The van der Waals surface area contributed by atoms with Crippen LogP contribution in [0.2, 0.25) is 11.5 Å². The van der Waals surface area contributed by atoms with Crippen molar-refractivity contribution in [2.75, 3.05) is 9.80 Å². The molecule has 0 aliphatic carbocycles. The Morgan fingerprint density at radius 1 is 0.607 bits per heavy atom. The van der Waals surface area contributed by atoms with E-state index in [1.54, 1.807) is 0 Å². The maximum Gasteiger partial charge on any atom is 0 e. The van der Waals surface area contributed by atoms with Crippen LogP contribution in [0.4, 0.5) is 22.7 Å². The second-order valence-corrected chi connectivity index (χ2v) is 26.4. The van der Waals surface area contributed by atoms with E-state index in [1.807, 2.05) is 12.3 Å². The molecule has 7 aromatic carbocycles. The summed E-state index contributed by atoms with van der Waals surface area (Å²) < 4.78 is 11.8.